The monoisotopic (exact) mass is 280 g/mol. The Kier molecular flexibility index (Phi) is 4.98. The van der Waals surface area contributed by atoms with Gasteiger partial charge in [0, 0.05) is 12.5 Å². The van der Waals surface area contributed by atoms with Gasteiger partial charge in [0.25, 0.3) is 0 Å². The molecule has 0 amide bonds. The Labute approximate surface area is 115 Å². The first-order valence-electron chi connectivity index (χ1n) is 6.15. The van der Waals surface area contributed by atoms with Crippen molar-refractivity contribution in [3.8, 4) is 12.3 Å². The van der Waals surface area contributed by atoms with Crippen LogP contribution in [0.3, 0.4) is 0 Å². The number of nitrogens with two attached hydrogens (primary N) is 1. The fourth-order valence-corrected chi connectivity index (χ4v) is 3.61. The highest BCUT2D eigenvalue weighted by atomic mass is 32.2. The third kappa shape index (κ3) is 3.49. The van der Waals surface area contributed by atoms with E-state index in [1.165, 1.54) is 0 Å². The van der Waals surface area contributed by atoms with E-state index in [2.05, 4.69) is 10.6 Å². The van der Waals surface area contributed by atoms with E-state index in [4.69, 9.17) is 12.2 Å². The van der Waals surface area contributed by atoms with Gasteiger partial charge in [-0.2, -0.15) is 0 Å². The van der Waals surface area contributed by atoms with Crippen LogP contribution in [0.5, 0.6) is 0 Å². The number of hydrogen-bond acceptors (Lipinski definition) is 3. The molecule has 1 aromatic carbocycles. The molecule has 1 atom stereocenters. The number of hydrogen-bond donors (Lipinski definition) is 2. The van der Waals surface area contributed by atoms with Gasteiger partial charge in [-0.3, -0.25) is 0 Å². The number of terminal acetylenes is 1. The molecule has 0 bridgehead atoms. The van der Waals surface area contributed by atoms with Crippen molar-refractivity contribution in [3.63, 3.8) is 0 Å². The van der Waals surface area contributed by atoms with E-state index in [-0.39, 0.29) is 16.6 Å². The van der Waals surface area contributed by atoms with E-state index >= 15 is 0 Å². The zero-order chi connectivity index (χ0) is 14.6. The molecule has 0 aliphatic rings. The fourth-order valence-electron chi connectivity index (χ4n) is 1.86. The maximum Gasteiger partial charge on any atom is 0.243 e. The SMILES string of the molecule is C#CCC(CC)NS(=O)(=O)c1c(N)ccc(C)c1C. The lowest BCUT2D eigenvalue weighted by atomic mass is 10.1. The molecule has 1 aromatic rings. The van der Waals surface area contributed by atoms with Crippen molar-refractivity contribution < 1.29 is 8.42 Å². The quantitative estimate of drug-likeness (QED) is 0.640. The van der Waals surface area contributed by atoms with Crippen molar-refractivity contribution in [2.24, 2.45) is 0 Å². The molecule has 0 saturated carbocycles. The van der Waals surface area contributed by atoms with Crippen molar-refractivity contribution >= 4 is 15.7 Å². The van der Waals surface area contributed by atoms with Gasteiger partial charge in [0.15, 0.2) is 0 Å². The number of aryl methyl sites for hydroxylation is 1. The van der Waals surface area contributed by atoms with Gasteiger partial charge in [-0.05, 0) is 37.5 Å². The standard InChI is InChI=1S/C14H20N2O2S/c1-5-7-12(6-2)16-19(17,18)14-11(4)10(3)8-9-13(14)15/h1,8-9,12,16H,6-7,15H2,2-4H3. The Hall–Kier alpha value is -1.51. The van der Waals surface area contributed by atoms with Gasteiger partial charge in [-0.25, -0.2) is 13.1 Å². The average Bonchev–Trinajstić information content (AvgIpc) is 2.33. The van der Waals surface area contributed by atoms with E-state index in [1.54, 1.807) is 13.0 Å². The summed E-state index contributed by atoms with van der Waals surface area (Å²) >= 11 is 0. The van der Waals surface area contributed by atoms with Crippen LogP contribution in [0.4, 0.5) is 5.69 Å². The van der Waals surface area contributed by atoms with Gasteiger partial charge < -0.3 is 5.73 Å². The summed E-state index contributed by atoms with van der Waals surface area (Å²) in [5.74, 6) is 2.48. The van der Waals surface area contributed by atoms with Crippen LogP contribution in [0.25, 0.3) is 0 Å². The van der Waals surface area contributed by atoms with Gasteiger partial charge in [-0.1, -0.05) is 13.0 Å². The molecule has 1 rings (SSSR count). The predicted octanol–water partition coefficient (Wildman–Crippen LogP) is 1.97. The molecule has 0 radical (unpaired) electrons. The normalized spacial score (nSPS) is 12.9. The lowest BCUT2D eigenvalue weighted by molar-refractivity contribution is 0.544. The van der Waals surface area contributed by atoms with Crippen LogP contribution in [0.2, 0.25) is 0 Å². The number of sulfonamides is 1. The molecule has 19 heavy (non-hydrogen) atoms. The molecule has 0 spiro atoms. The van der Waals surface area contributed by atoms with Gasteiger partial charge in [0.2, 0.25) is 10.0 Å². The molecular formula is C14H20N2O2S. The topological polar surface area (TPSA) is 72.2 Å². The van der Waals surface area contributed by atoms with Crippen LogP contribution in [0.15, 0.2) is 17.0 Å². The predicted molar refractivity (Wildman–Crippen MR) is 78.2 cm³/mol. The molecule has 3 N–H and O–H groups in total. The fraction of sp³-hybridized carbons (Fsp3) is 0.429. The largest absolute Gasteiger partial charge is 0.398 e. The molecule has 5 heteroatoms. The van der Waals surface area contributed by atoms with Crippen LogP contribution < -0.4 is 10.5 Å². The number of nitrogen functional groups attached to an aromatic ring is 1. The van der Waals surface area contributed by atoms with Crippen LogP contribution in [0.1, 0.15) is 30.9 Å². The van der Waals surface area contributed by atoms with E-state index < -0.39 is 10.0 Å². The number of benzene rings is 1. The molecule has 0 saturated heterocycles. The summed E-state index contributed by atoms with van der Waals surface area (Å²) in [4.78, 5) is 0.156. The van der Waals surface area contributed by atoms with Gasteiger partial charge in [0.1, 0.15) is 4.90 Å². The first kappa shape index (κ1) is 15.5. The van der Waals surface area contributed by atoms with E-state index in [1.807, 2.05) is 19.9 Å². The van der Waals surface area contributed by atoms with Gasteiger partial charge >= 0.3 is 0 Å². The zero-order valence-corrected chi connectivity index (χ0v) is 12.3. The molecule has 1 unspecified atom stereocenters. The average molecular weight is 280 g/mol. The maximum atomic E-state index is 12.4. The summed E-state index contributed by atoms with van der Waals surface area (Å²) in [6, 6.07) is 3.15. The van der Waals surface area contributed by atoms with E-state index in [9.17, 15) is 8.42 Å². The summed E-state index contributed by atoms with van der Waals surface area (Å²) in [5, 5.41) is 0. The first-order chi connectivity index (χ1) is 8.83. The van der Waals surface area contributed by atoms with E-state index in [0.29, 0.717) is 18.4 Å². The van der Waals surface area contributed by atoms with Crippen molar-refractivity contribution in [1.82, 2.24) is 4.72 Å². The molecule has 0 aromatic heterocycles. The molecule has 0 fully saturated rings. The second kappa shape index (κ2) is 6.09. The first-order valence-corrected chi connectivity index (χ1v) is 7.63. The maximum absolute atomic E-state index is 12.4. The minimum atomic E-state index is -3.65. The Balaban J connectivity index is 3.22. The molecule has 0 heterocycles. The van der Waals surface area contributed by atoms with Crippen molar-refractivity contribution in [2.75, 3.05) is 5.73 Å². The molecule has 104 valence electrons. The summed E-state index contributed by atoms with van der Waals surface area (Å²) in [5.41, 5.74) is 7.62. The van der Waals surface area contributed by atoms with Crippen molar-refractivity contribution in [3.05, 3.63) is 23.3 Å². The molecular weight excluding hydrogens is 260 g/mol. The minimum Gasteiger partial charge on any atom is -0.398 e. The van der Waals surface area contributed by atoms with Crippen LogP contribution in [0, 0.1) is 26.2 Å². The second-order valence-electron chi connectivity index (χ2n) is 4.56. The summed E-state index contributed by atoms with van der Waals surface area (Å²) in [6.45, 7) is 5.49. The third-order valence-corrected chi connectivity index (χ3v) is 4.88. The summed E-state index contributed by atoms with van der Waals surface area (Å²) < 4.78 is 27.4. The lowest BCUT2D eigenvalue weighted by Crippen LogP contribution is -2.35. The Morgan fingerprint density at radius 2 is 2.05 bits per heavy atom. The van der Waals surface area contributed by atoms with Crippen molar-refractivity contribution in [2.45, 2.75) is 44.6 Å². The third-order valence-electron chi connectivity index (χ3n) is 3.15. The minimum absolute atomic E-state index is 0.156. The summed E-state index contributed by atoms with van der Waals surface area (Å²) in [7, 11) is -3.65. The van der Waals surface area contributed by atoms with E-state index in [0.717, 1.165) is 5.56 Å². The lowest BCUT2D eigenvalue weighted by Gasteiger charge is -2.18. The number of nitrogens with one attached hydrogen (secondary N) is 1. The van der Waals surface area contributed by atoms with Gasteiger partial charge in [-0.15, -0.1) is 12.3 Å². The van der Waals surface area contributed by atoms with Gasteiger partial charge in [0.05, 0.1) is 5.69 Å². The number of rotatable bonds is 5. The highest BCUT2D eigenvalue weighted by Crippen LogP contribution is 2.25. The smallest absolute Gasteiger partial charge is 0.243 e. The molecule has 0 aliphatic heterocycles. The van der Waals surface area contributed by atoms with Crippen LogP contribution >= 0.6 is 0 Å². The summed E-state index contributed by atoms with van der Waals surface area (Å²) in [6.07, 6.45) is 6.23. The van der Waals surface area contributed by atoms with Crippen molar-refractivity contribution in [1.29, 1.82) is 0 Å². The number of anilines is 1. The van der Waals surface area contributed by atoms with Crippen LogP contribution in [-0.2, 0) is 10.0 Å². The zero-order valence-electron chi connectivity index (χ0n) is 11.5. The Morgan fingerprint density at radius 1 is 1.42 bits per heavy atom. The Morgan fingerprint density at radius 3 is 2.58 bits per heavy atom. The highest BCUT2D eigenvalue weighted by Gasteiger charge is 2.23. The molecule has 0 aliphatic carbocycles. The second-order valence-corrected chi connectivity index (χ2v) is 6.21. The van der Waals surface area contributed by atoms with Crippen LogP contribution in [-0.4, -0.2) is 14.5 Å². The Bertz CT molecular complexity index is 601. The molecule has 4 nitrogen and oxygen atoms in total. The highest BCUT2D eigenvalue weighted by molar-refractivity contribution is 7.89.